The van der Waals surface area contributed by atoms with Gasteiger partial charge in [-0.05, 0) is 35.9 Å². The van der Waals surface area contributed by atoms with E-state index in [1.54, 1.807) is 0 Å². The van der Waals surface area contributed by atoms with Gasteiger partial charge in [0.2, 0.25) is 0 Å². The van der Waals surface area contributed by atoms with Crippen molar-refractivity contribution in [2.75, 3.05) is 11.6 Å². The fourth-order valence-corrected chi connectivity index (χ4v) is 3.11. The van der Waals surface area contributed by atoms with Crippen molar-refractivity contribution < 1.29 is 12.8 Å². The second kappa shape index (κ2) is 5.93. The maximum absolute atomic E-state index is 13.2. The summed E-state index contributed by atoms with van der Waals surface area (Å²) in [5.41, 5.74) is 1.39. The third-order valence-electron chi connectivity index (χ3n) is 2.72. The molecule has 0 saturated carbocycles. The Hall–Kier alpha value is -1.40. The molecule has 0 aromatic heterocycles. The van der Waals surface area contributed by atoms with Crippen LogP contribution >= 0.6 is 15.9 Å². The minimum absolute atomic E-state index is 0.0347. The predicted molar refractivity (Wildman–Crippen MR) is 81.0 cm³/mol. The molecule has 0 unspecified atom stereocenters. The van der Waals surface area contributed by atoms with E-state index in [-0.39, 0.29) is 4.90 Å². The number of hydrogen-bond acceptors (Lipinski definition) is 3. The highest BCUT2D eigenvalue weighted by atomic mass is 79.9. The third kappa shape index (κ3) is 3.80. The summed E-state index contributed by atoms with van der Waals surface area (Å²) in [5.74, 6) is -0.571. The number of rotatable bonds is 4. The number of sulfone groups is 1. The fraction of sp³-hybridized carbons (Fsp3) is 0.143. The van der Waals surface area contributed by atoms with Crippen LogP contribution in [0.1, 0.15) is 5.56 Å². The summed E-state index contributed by atoms with van der Waals surface area (Å²) in [6, 6.07) is 11.3. The summed E-state index contributed by atoms with van der Waals surface area (Å²) in [6.07, 6.45) is 1.06. The van der Waals surface area contributed by atoms with Crippen LogP contribution in [-0.4, -0.2) is 14.7 Å². The van der Waals surface area contributed by atoms with Gasteiger partial charge >= 0.3 is 0 Å². The lowest BCUT2D eigenvalue weighted by molar-refractivity contribution is 0.596. The standard InChI is InChI=1S/C14H13BrFNO2S/c1-20(18,19)14-8-12(16)5-6-13(14)17-9-10-3-2-4-11(15)7-10/h2-8,17H,9H2,1H3. The molecule has 0 aliphatic rings. The predicted octanol–water partition coefficient (Wildman–Crippen LogP) is 3.60. The molecule has 0 fully saturated rings. The summed E-state index contributed by atoms with van der Waals surface area (Å²) < 4.78 is 37.5. The van der Waals surface area contributed by atoms with E-state index in [1.165, 1.54) is 12.1 Å². The highest BCUT2D eigenvalue weighted by Gasteiger charge is 2.14. The van der Waals surface area contributed by atoms with Gasteiger partial charge in [0.1, 0.15) is 5.82 Å². The highest BCUT2D eigenvalue weighted by Crippen LogP contribution is 2.23. The third-order valence-corrected chi connectivity index (χ3v) is 4.35. The molecule has 3 nitrogen and oxygen atoms in total. The Kier molecular flexibility index (Phi) is 4.45. The fourth-order valence-electron chi connectivity index (χ4n) is 1.79. The summed E-state index contributed by atoms with van der Waals surface area (Å²) in [4.78, 5) is -0.0347. The van der Waals surface area contributed by atoms with Crippen molar-refractivity contribution in [3.8, 4) is 0 Å². The normalized spacial score (nSPS) is 11.3. The molecule has 2 aromatic carbocycles. The van der Waals surface area contributed by atoms with Crippen LogP contribution in [0.15, 0.2) is 51.8 Å². The Morgan fingerprint density at radius 2 is 1.95 bits per heavy atom. The molecule has 2 rings (SSSR count). The van der Waals surface area contributed by atoms with E-state index in [1.807, 2.05) is 24.3 Å². The van der Waals surface area contributed by atoms with Crippen molar-refractivity contribution >= 4 is 31.5 Å². The monoisotopic (exact) mass is 357 g/mol. The lowest BCUT2D eigenvalue weighted by Crippen LogP contribution is -2.06. The summed E-state index contributed by atoms with van der Waals surface area (Å²) in [5, 5.41) is 3.02. The zero-order chi connectivity index (χ0) is 14.8. The Bertz CT molecular complexity index is 732. The van der Waals surface area contributed by atoms with Crippen LogP contribution in [0.3, 0.4) is 0 Å². The van der Waals surface area contributed by atoms with E-state index in [2.05, 4.69) is 21.2 Å². The van der Waals surface area contributed by atoms with Crippen LogP contribution in [0.4, 0.5) is 10.1 Å². The lowest BCUT2D eigenvalue weighted by atomic mass is 10.2. The lowest BCUT2D eigenvalue weighted by Gasteiger charge is -2.11. The van der Waals surface area contributed by atoms with Crippen molar-refractivity contribution in [1.82, 2.24) is 0 Å². The molecule has 106 valence electrons. The van der Waals surface area contributed by atoms with Crippen molar-refractivity contribution in [2.24, 2.45) is 0 Å². The summed E-state index contributed by atoms with van der Waals surface area (Å²) in [7, 11) is -3.48. The van der Waals surface area contributed by atoms with Crippen LogP contribution in [0.5, 0.6) is 0 Å². The van der Waals surface area contributed by atoms with Crippen LogP contribution in [-0.2, 0) is 16.4 Å². The Labute approximate surface area is 125 Å². The number of benzene rings is 2. The van der Waals surface area contributed by atoms with Gasteiger partial charge in [0.05, 0.1) is 10.6 Å². The molecule has 0 heterocycles. The van der Waals surface area contributed by atoms with Gasteiger partial charge in [-0.2, -0.15) is 0 Å². The zero-order valence-electron chi connectivity index (χ0n) is 10.7. The molecule has 2 aromatic rings. The maximum atomic E-state index is 13.2. The molecule has 20 heavy (non-hydrogen) atoms. The molecule has 0 amide bonds. The SMILES string of the molecule is CS(=O)(=O)c1cc(F)ccc1NCc1cccc(Br)c1. The van der Waals surface area contributed by atoms with Crippen LogP contribution in [0.25, 0.3) is 0 Å². The number of anilines is 1. The van der Waals surface area contributed by atoms with E-state index in [0.717, 1.165) is 22.4 Å². The van der Waals surface area contributed by atoms with E-state index in [9.17, 15) is 12.8 Å². The molecule has 0 aliphatic carbocycles. The number of nitrogens with one attached hydrogen (secondary N) is 1. The topological polar surface area (TPSA) is 46.2 Å². The van der Waals surface area contributed by atoms with Crippen LogP contribution in [0.2, 0.25) is 0 Å². The maximum Gasteiger partial charge on any atom is 0.177 e. The first kappa shape index (κ1) is 15.0. The van der Waals surface area contributed by atoms with Gasteiger partial charge in [-0.1, -0.05) is 28.1 Å². The van der Waals surface area contributed by atoms with Crippen LogP contribution in [0, 0.1) is 5.82 Å². The molecule has 0 radical (unpaired) electrons. The molecule has 1 N–H and O–H groups in total. The van der Waals surface area contributed by atoms with Crippen LogP contribution < -0.4 is 5.32 Å². The van der Waals surface area contributed by atoms with E-state index >= 15 is 0 Å². The largest absolute Gasteiger partial charge is 0.380 e. The number of hydrogen-bond donors (Lipinski definition) is 1. The molecular formula is C14H13BrFNO2S. The molecule has 0 atom stereocenters. The van der Waals surface area contributed by atoms with Gasteiger partial charge in [0.25, 0.3) is 0 Å². The van der Waals surface area contributed by atoms with E-state index in [0.29, 0.717) is 12.2 Å². The molecule has 0 spiro atoms. The summed E-state index contributed by atoms with van der Waals surface area (Å²) in [6.45, 7) is 0.452. The molecule has 0 saturated heterocycles. The van der Waals surface area contributed by atoms with Gasteiger partial charge in [-0.15, -0.1) is 0 Å². The average molecular weight is 358 g/mol. The zero-order valence-corrected chi connectivity index (χ0v) is 13.1. The van der Waals surface area contributed by atoms with E-state index < -0.39 is 15.7 Å². The van der Waals surface area contributed by atoms with Gasteiger partial charge in [-0.25, -0.2) is 12.8 Å². The number of halogens is 2. The van der Waals surface area contributed by atoms with Crippen molar-refractivity contribution in [3.63, 3.8) is 0 Å². The Morgan fingerprint density at radius 3 is 2.60 bits per heavy atom. The molecule has 0 bridgehead atoms. The second-order valence-corrected chi connectivity index (χ2v) is 7.30. The first-order valence-electron chi connectivity index (χ1n) is 5.84. The van der Waals surface area contributed by atoms with Gasteiger partial charge < -0.3 is 5.32 Å². The van der Waals surface area contributed by atoms with Gasteiger partial charge in [0, 0.05) is 17.3 Å². The minimum Gasteiger partial charge on any atom is -0.380 e. The van der Waals surface area contributed by atoms with E-state index in [4.69, 9.17) is 0 Å². The second-order valence-electron chi connectivity index (χ2n) is 4.40. The molecular weight excluding hydrogens is 345 g/mol. The van der Waals surface area contributed by atoms with Crippen molar-refractivity contribution in [2.45, 2.75) is 11.4 Å². The van der Waals surface area contributed by atoms with Crippen molar-refractivity contribution in [3.05, 3.63) is 58.3 Å². The smallest absolute Gasteiger partial charge is 0.177 e. The Balaban J connectivity index is 2.26. The molecule has 6 heteroatoms. The average Bonchev–Trinajstić information content (AvgIpc) is 2.36. The van der Waals surface area contributed by atoms with Gasteiger partial charge in [-0.3, -0.25) is 0 Å². The minimum atomic E-state index is -3.48. The molecule has 0 aliphatic heterocycles. The highest BCUT2D eigenvalue weighted by molar-refractivity contribution is 9.10. The van der Waals surface area contributed by atoms with Crippen molar-refractivity contribution in [1.29, 1.82) is 0 Å². The quantitative estimate of drug-likeness (QED) is 0.908. The summed E-state index contributed by atoms with van der Waals surface area (Å²) >= 11 is 3.37. The van der Waals surface area contributed by atoms with Gasteiger partial charge in [0.15, 0.2) is 9.84 Å². The first-order valence-corrected chi connectivity index (χ1v) is 8.52. The Morgan fingerprint density at radius 1 is 1.20 bits per heavy atom. The first-order chi connectivity index (χ1) is 9.36.